The molecular weight excluding hydrogens is 331 g/mol. The van der Waals surface area contributed by atoms with Crippen LogP contribution in [0.2, 0.25) is 0 Å². The first-order valence-electron chi connectivity index (χ1n) is 8.40. The maximum atomic E-state index is 13.1. The van der Waals surface area contributed by atoms with Crippen LogP contribution in [0.5, 0.6) is 5.75 Å². The van der Waals surface area contributed by atoms with Crippen LogP contribution < -0.4 is 9.64 Å². The van der Waals surface area contributed by atoms with Crippen LogP contribution in [0.4, 0.5) is 10.1 Å². The minimum Gasteiger partial charge on any atom is -0.494 e. The highest BCUT2D eigenvalue weighted by Crippen LogP contribution is 2.22. The van der Waals surface area contributed by atoms with Gasteiger partial charge in [0, 0.05) is 18.3 Å². The fourth-order valence-corrected chi connectivity index (χ4v) is 2.48. The number of carbonyl (C=O) groups is 1. The molecule has 0 aliphatic carbocycles. The second-order valence-electron chi connectivity index (χ2n) is 5.66. The Bertz CT molecular complexity index is 805. The molecule has 5 heteroatoms. The zero-order valence-corrected chi connectivity index (χ0v) is 14.9. The molecule has 0 N–H and O–H groups in total. The molecule has 0 heterocycles. The van der Waals surface area contributed by atoms with Gasteiger partial charge < -0.3 is 9.64 Å². The van der Waals surface area contributed by atoms with Crippen molar-refractivity contribution >= 4 is 17.2 Å². The molecule has 0 aliphatic rings. The van der Waals surface area contributed by atoms with E-state index in [1.165, 1.54) is 18.2 Å². The Balaban J connectivity index is 2.24. The molecule has 2 aromatic rings. The summed E-state index contributed by atoms with van der Waals surface area (Å²) in [6.45, 7) is 4.55. The second-order valence-corrected chi connectivity index (χ2v) is 5.66. The number of anilines is 1. The Kier molecular flexibility index (Phi) is 6.92. The highest BCUT2D eigenvalue weighted by molar-refractivity contribution is 6.05. The predicted molar refractivity (Wildman–Crippen MR) is 100 cm³/mol. The lowest BCUT2D eigenvalue weighted by atomic mass is 10.1. The predicted octanol–water partition coefficient (Wildman–Crippen LogP) is 4.57. The molecule has 0 unspecified atom stereocenters. The normalized spacial score (nSPS) is 10.9. The molecule has 0 bridgehead atoms. The van der Waals surface area contributed by atoms with Gasteiger partial charge >= 0.3 is 0 Å². The van der Waals surface area contributed by atoms with Crippen LogP contribution in [-0.2, 0) is 4.79 Å². The average Bonchev–Trinajstić information content (AvgIpc) is 2.64. The summed E-state index contributed by atoms with van der Waals surface area (Å²) in [6.07, 6.45) is 1.73. The van der Waals surface area contributed by atoms with Crippen molar-refractivity contribution in [2.45, 2.75) is 20.3 Å². The number of nitriles is 1. The van der Waals surface area contributed by atoms with Crippen LogP contribution in [0.3, 0.4) is 0 Å². The molecule has 1 amide bonds. The summed E-state index contributed by atoms with van der Waals surface area (Å²) in [4.78, 5) is 14.3. The van der Waals surface area contributed by atoms with Crippen molar-refractivity contribution in [2.24, 2.45) is 0 Å². The van der Waals surface area contributed by atoms with Gasteiger partial charge in [-0.3, -0.25) is 4.79 Å². The van der Waals surface area contributed by atoms with Crippen molar-refractivity contribution in [2.75, 3.05) is 18.1 Å². The summed E-state index contributed by atoms with van der Waals surface area (Å²) in [5.74, 6) is 0.172. The largest absolute Gasteiger partial charge is 0.494 e. The molecule has 0 fully saturated rings. The minimum atomic E-state index is -0.321. The fraction of sp³-hybridized carbons (Fsp3) is 0.238. The van der Waals surface area contributed by atoms with E-state index in [1.54, 1.807) is 48.2 Å². The van der Waals surface area contributed by atoms with E-state index in [9.17, 15) is 9.18 Å². The van der Waals surface area contributed by atoms with Gasteiger partial charge in [-0.05, 0) is 61.4 Å². The van der Waals surface area contributed by atoms with Crippen LogP contribution in [0, 0.1) is 17.1 Å². The summed E-state index contributed by atoms with van der Waals surface area (Å²) in [7, 11) is 0. The summed E-state index contributed by atoms with van der Waals surface area (Å²) < 4.78 is 18.5. The van der Waals surface area contributed by atoms with Crippen molar-refractivity contribution < 1.29 is 13.9 Å². The molecule has 0 aromatic heterocycles. The Morgan fingerprint density at radius 2 is 1.85 bits per heavy atom. The summed E-state index contributed by atoms with van der Waals surface area (Å²) in [5, 5.41) is 8.88. The van der Waals surface area contributed by atoms with E-state index in [1.807, 2.05) is 6.92 Å². The smallest absolute Gasteiger partial charge is 0.251 e. The van der Waals surface area contributed by atoms with Gasteiger partial charge in [0.15, 0.2) is 0 Å². The van der Waals surface area contributed by atoms with Crippen molar-refractivity contribution in [3.8, 4) is 11.8 Å². The first-order valence-corrected chi connectivity index (χ1v) is 8.40. The molecule has 0 radical (unpaired) electrons. The van der Waals surface area contributed by atoms with Gasteiger partial charge in [-0.1, -0.05) is 12.1 Å². The van der Waals surface area contributed by atoms with Crippen LogP contribution in [-0.4, -0.2) is 19.1 Å². The van der Waals surface area contributed by atoms with Gasteiger partial charge in [0.25, 0.3) is 5.91 Å². The third-order valence-corrected chi connectivity index (χ3v) is 3.81. The number of rotatable bonds is 7. The van der Waals surface area contributed by atoms with Crippen molar-refractivity contribution in [3.63, 3.8) is 0 Å². The number of hydrogen-bond donors (Lipinski definition) is 0. The Labute approximate surface area is 153 Å². The number of hydrogen-bond acceptors (Lipinski definition) is 3. The van der Waals surface area contributed by atoms with Gasteiger partial charge in [-0.15, -0.1) is 0 Å². The lowest BCUT2D eigenvalue weighted by molar-refractivity contribution is -0.114. The summed E-state index contributed by atoms with van der Waals surface area (Å²) in [5.41, 5.74) is 2.19. The first-order chi connectivity index (χ1) is 12.5. The van der Waals surface area contributed by atoms with Gasteiger partial charge in [0.1, 0.15) is 11.6 Å². The lowest BCUT2D eigenvalue weighted by Gasteiger charge is -2.21. The molecule has 4 nitrogen and oxygen atoms in total. The Hall–Kier alpha value is -3.13. The molecule has 2 rings (SSSR count). The topological polar surface area (TPSA) is 53.3 Å². The number of benzene rings is 2. The van der Waals surface area contributed by atoms with E-state index < -0.39 is 0 Å². The quantitative estimate of drug-likeness (QED) is 0.686. The zero-order valence-electron chi connectivity index (χ0n) is 14.9. The molecule has 0 saturated carbocycles. The molecule has 26 heavy (non-hydrogen) atoms. The number of amides is 1. The van der Waals surface area contributed by atoms with E-state index in [-0.39, 0.29) is 24.7 Å². The SMILES string of the molecule is CCOc1ccc(N(CCC#N)C(=O)/C=C(/C)c2ccc(F)cc2)cc1. The monoisotopic (exact) mass is 352 g/mol. The molecular formula is C21H21FN2O2. The average molecular weight is 352 g/mol. The van der Waals surface area contributed by atoms with Crippen molar-refractivity contribution in [1.82, 2.24) is 0 Å². The Morgan fingerprint density at radius 3 is 2.42 bits per heavy atom. The lowest BCUT2D eigenvalue weighted by Crippen LogP contribution is -2.30. The molecule has 0 atom stereocenters. The van der Waals surface area contributed by atoms with E-state index in [4.69, 9.17) is 10.00 Å². The first kappa shape index (κ1) is 19.2. The van der Waals surface area contributed by atoms with Crippen LogP contribution in [0.15, 0.2) is 54.6 Å². The number of allylic oxidation sites excluding steroid dienone is 1. The minimum absolute atomic E-state index is 0.225. The highest BCUT2D eigenvalue weighted by Gasteiger charge is 2.14. The molecule has 0 aliphatic heterocycles. The second kappa shape index (κ2) is 9.38. The van der Waals surface area contributed by atoms with E-state index in [0.717, 1.165) is 16.9 Å². The zero-order chi connectivity index (χ0) is 18.9. The van der Waals surface area contributed by atoms with Gasteiger partial charge in [0.2, 0.25) is 0 Å². The van der Waals surface area contributed by atoms with E-state index >= 15 is 0 Å². The van der Waals surface area contributed by atoms with Gasteiger partial charge in [-0.25, -0.2) is 4.39 Å². The van der Waals surface area contributed by atoms with Crippen molar-refractivity contribution in [3.05, 3.63) is 66.0 Å². The maximum absolute atomic E-state index is 13.1. The number of carbonyl (C=O) groups excluding carboxylic acids is 1. The Morgan fingerprint density at radius 1 is 1.19 bits per heavy atom. The standard InChI is InChI=1S/C21H21FN2O2/c1-3-26-20-11-9-19(10-12-20)24(14-4-13-23)21(25)15-16(2)17-5-7-18(22)8-6-17/h5-12,15H,3-4,14H2,1-2H3/b16-15-. The molecule has 2 aromatic carbocycles. The van der Waals surface area contributed by atoms with Crippen LogP contribution >= 0.6 is 0 Å². The number of ether oxygens (including phenoxy) is 1. The highest BCUT2D eigenvalue weighted by atomic mass is 19.1. The third kappa shape index (κ3) is 5.18. The van der Waals surface area contributed by atoms with Crippen LogP contribution in [0.25, 0.3) is 5.57 Å². The molecule has 134 valence electrons. The maximum Gasteiger partial charge on any atom is 0.251 e. The van der Waals surface area contributed by atoms with E-state index in [2.05, 4.69) is 6.07 Å². The summed E-state index contributed by atoms with van der Waals surface area (Å²) >= 11 is 0. The van der Waals surface area contributed by atoms with E-state index in [0.29, 0.717) is 12.3 Å². The summed E-state index contributed by atoms with van der Waals surface area (Å²) in [6, 6.07) is 15.2. The molecule has 0 spiro atoms. The van der Waals surface area contributed by atoms with Gasteiger partial charge in [0.05, 0.1) is 19.1 Å². The van der Waals surface area contributed by atoms with Crippen molar-refractivity contribution in [1.29, 1.82) is 5.26 Å². The third-order valence-electron chi connectivity index (χ3n) is 3.81. The van der Waals surface area contributed by atoms with Crippen LogP contribution in [0.1, 0.15) is 25.8 Å². The molecule has 0 saturated heterocycles. The number of halogens is 1. The number of nitrogens with zero attached hydrogens (tertiary/aromatic N) is 2. The van der Waals surface area contributed by atoms with Gasteiger partial charge in [-0.2, -0.15) is 5.26 Å². The fourth-order valence-electron chi connectivity index (χ4n) is 2.48.